The van der Waals surface area contributed by atoms with Gasteiger partial charge in [0, 0.05) is 12.3 Å². The Kier molecular flexibility index (Phi) is 3.55. The minimum absolute atomic E-state index is 0.257. The number of hydrogen-bond donors (Lipinski definition) is 0. The van der Waals surface area contributed by atoms with Gasteiger partial charge in [-0.05, 0) is 45.9 Å². The highest BCUT2D eigenvalue weighted by Crippen LogP contribution is 2.37. The van der Waals surface area contributed by atoms with Crippen LogP contribution in [-0.4, -0.2) is 6.29 Å². The van der Waals surface area contributed by atoms with E-state index in [1.165, 1.54) is 33.4 Å². The second kappa shape index (κ2) is 5.85. The van der Waals surface area contributed by atoms with Gasteiger partial charge in [-0.3, -0.25) is 0 Å². The second-order valence-electron chi connectivity index (χ2n) is 6.11. The van der Waals surface area contributed by atoms with Crippen LogP contribution in [0.2, 0.25) is 0 Å². The predicted molar refractivity (Wildman–Crippen MR) is 95.9 cm³/mol. The summed E-state index contributed by atoms with van der Waals surface area (Å²) in [6, 6.07) is 17.1. The molecule has 0 spiro atoms. The molecule has 0 saturated carbocycles. The van der Waals surface area contributed by atoms with Crippen molar-refractivity contribution in [2.24, 2.45) is 0 Å². The number of hydrogen-bond acceptors (Lipinski definition) is 1. The first-order valence-corrected chi connectivity index (χ1v) is 8.07. The highest BCUT2D eigenvalue weighted by atomic mass is 16.1. The van der Waals surface area contributed by atoms with E-state index in [1.54, 1.807) is 0 Å². The van der Waals surface area contributed by atoms with Crippen LogP contribution in [0.5, 0.6) is 0 Å². The molecule has 23 heavy (non-hydrogen) atoms. The molecule has 0 N–H and O–H groups in total. The molecule has 2 aliphatic carbocycles. The van der Waals surface area contributed by atoms with Crippen molar-refractivity contribution >= 4 is 23.5 Å². The van der Waals surface area contributed by atoms with E-state index >= 15 is 0 Å². The van der Waals surface area contributed by atoms with Crippen molar-refractivity contribution in [1.82, 2.24) is 0 Å². The molecule has 2 aliphatic rings. The van der Waals surface area contributed by atoms with Crippen LogP contribution in [0.1, 0.15) is 41.0 Å². The summed E-state index contributed by atoms with van der Waals surface area (Å²) in [5.74, 6) is 0.257. The molecule has 2 aromatic carbocycles. The van der Waals surface area contributed by atoms with E-state index in [1.807, 2.05) is 6.07 Å². The van der Waals surface area contributed by atoms with Gasteiger partial charge in [0.2, 0.25) is 0 Å². The molecular formula is C22H18O. The van der Waals surface area contributed by atoms with E-state index in [4.69, 9.17) is 0 Å². The predicted octanol–water partition coefficient (Wildman–Crippen LogP) is 5.26. The molecule has 0 bridgehead atoms. The topological polar surface area (TPSA) is 17.1 Å². The lowest BCUT2D eigenvalue weighted by Gasteiger charge is -2.10. The molecule has 2 aromatic rings. The zero-order chi connectivity index (χ0) is 15.6. The fourth-order valence-corrected chi connectivity index (χ4v) is 3.45. The third-order valence-electron chi connectivity index (χ3n) is 4.69. The third kappa shape index (κ3) is 2.59. The lowest BCUT2D eigenvalue weighted by atomic mass is 9.94. The summed E-state index contributed by atoms with van der Waals surface area (Å²) in [7, 11) is 0. The normalized spacial score (nSPS) is 18.5. The molecule has 1 heteroatoms. The van der Waals surface area contributed by atoms with Gasteiger partial charge in [0.15, 0.2) is 0 Å². The number of aldehydes is 1. The van der Waals surface area contributed by atoms with E-state index in [-0.39, 0.29) is 5.92 Å². The first kappa shape index (κ1) is 14.0. The fraction of sp³-hybridized carbons (Fsp3) is 0.136. The summed E-state index contributed by atoms with van der Waals surface area (Å²) in [5.41, 5.74) is 7.74. The van der Waals surface area contributed by atoms with Crippen molar-refractivity contribution < 1.29 is 4.79 Å². The van der Waals surface area contributed by atoms with E-state index < -0.39 is 0 Å². The van der Waals surface area contributed by atoms with Gasteiger partial charge < -0.3 is 4.79 Å². The highest BCUT2D eigenvalue weighted by Gasteiger charge is 2.18. The molecule has 0 saturated heterocycles. The van der Waals surface area contributed by atoms with E-state index in [0.717, 1.165) is 12.7 Å². The molecule has 0 heterocycles. The zero-order valence-electron chi connectivity index (χ0n) is 12.9. The quantitative estimate of drug-likeness (QED) is 0.704. The second-order valence-corrected chi connectivity index (χ2v) is 6.11. The Morgan fingerprint density at radius 1 is 1.04 bits per heavy atom. The van der Waals surface area contributed by atoms with E-state index in [9.17, 15) is 4.79 Å². The average Bonchev–Trinajstić information content (AvgIpc) is 3.23. The summed E-state index contributed by atoms with van der Waals surface area (Å²) in [6.07, 6.45) is 11.4. The van der Waals surface area contributed by atoms with E-state index in [2.05, 4.69) is 66.8 Å². The first-order chi connectivity index (χ1) is 11.3. The molecule has 1 nitrogen and oxygen atoms in total. The summed E-state index contributed by atoms with van der Waals surface area (Å²) >= 11 is 0. The van der Waals surface area contributed by atoms with Gasteiger partial charge >= 0.3 is 0 Å². The van der Waals surface area contributed by atoms with Crippen LogP contribution in [0.15, 0.2) is 66.8 Å². The Hall–Kier alpha value is -2.67. The fourth-order valence-electron chi connectivity index (χ4n) is 3.45. The Bertz CT molecular complexity index is 838. The van der Waals surface area contributed by atoms with Gasteiger partial charge in [0.1, 0.15) is 6.29 Å². The summed E-state index contributed by atoms with van der Waals surface area (Å²) in [4.78, 5) is 10.8. The summed E-state index contributed by atoms with van der Waals surface area (Å²) < 4.78 is 0. The van der Waals surface area contributed by atoms with Gasteiger partial charge in [-0.2, -0.15) is 0 Å². The van der Waals surface area contributed by atoms with Crippen molar-refractivity contribution in [2.45, 2.75) is 18.8 Å². The standard InChI is InChI=1S/C22H18O/c23-13-12-17-6-9-21-15-20(10-11-22(17)21)19-8-7-18(14-19)16-4-2-1-3-5-16/h1-7,9-11,13-15,17H,8,12H2. The maximum Gasteiger partial charge on any atom is 0.120 e. The molecule has 4 rings (SSSR count). The largest absolute Gasteiger partial charge is 0.303 e. The Balaban J connectivity index is 1.61. The SMILES string of the molecule is O=CCC1C=Cc2cc(C3=CC(c4ccccc4)=CC3)ccc21. The van der Waals surface area contributed by atoms with Crippen LogP contribution < -0.4 is 0 Å². The van der Waals surface area contributed by atoms with Crippen LogP contribution in [0.3, 0.4) is 0 Å². The number of carbonyl (C=O) groups is 1. The van der Waals surface area contributed by atoms with Gasteiger partial charge in [-0.25, -0.2) is 0 Å². The summed E-state index contributed by atoms with van der Waals surface area (Å²) in [6.45, 7) is 0. The molecule has 0 aromatic heterocycles. The number of allylic oxidation sites excluding steroid dienone is 5. The molecule has 0 amide bonds. The Labute approximate surface area is 136 Å². The molecule has 112 valence electrons. The minimum atomic E-state index is 0.257. The first-order valence-electron chi connectivity index (χ1n) is 8.07. The lowest BCUT2D eigenvalue weighted by Crippen LogP contribution is -1.94. The van der Waals surface area contributed by atoms with Gasteiger partial charge in [0.25, 0.3) is 0 Å². The number of rotatable bonds is 4. The van der Waals surface area contributed by atoms with Crippen molar-refractivity contribution in [3.8, 4) is 0 Å². The number of benzene rings is 2. The van der Waals surface area contributed by atoms with Gasteiger partial charge in [-0.1, -0.05) is 66.8 Å². The molecule has 0 aliphatic heterocycles. The van der Waals surface area contributed by atoms with Crippen LogP contribution in [-0.2, 0) is 4.79 Å². The molecule has 1 atom stereocenters. The van der Waals surface area contributed by atoms with E-state index in [0.29, 0.717) is 6.42 Å². The van der Waals surface area contributed by atoms with Gasteiger partial charge in [0.05, 0.1) is 0 Å². The molecule has 0 fully saturated rings. The van der Waals surface area contributed by atoms with Crippen LogP contribution in [0.25, 0.3) is 17.2 Å². The zero-order valence-corrected chi connectivity index (χ0v) is 12.9. The average molecular weight is 298 g/mol. The molecular weight excluding hydrogens is 280 g/mol. The van der Waals surface area contributed by atoms with Crippen LogP contribution >= 0.6 is 0 Å². The summed E-state index contributed by atoms with van der Waals surface area (Å²) in [5, 5.41) is 0. The smallest absolute Gasteiger partial charge is 0.120 e. The van der Waals surface area contributed by atoms with Crippen molar-refractivity contribution in [3.63, 3.8) is 0 Å². The van der Waals surface area contributed by atoms with Crippen LogP contribution in [0.4, 0.5) is 0 Å². The number of carbonyl (C=O) groups excluding carboxylic acids is 1. The van der Waals surface area contributed by atoms with Crippen molar-refractivity contribution in [3.05, 3.63) is 89.0 Å². The molecule has 0 radical (unpaired) electrons. The maximum absolute atomic E-state index is 10.8. The number of fused-ring (bicyclic) bond motifs is 1. The van der Waals surface area contributed by atoms with Crippen molar-refractivity contribution in [2.75, 3.05) is 0 Å². The Morgan fingerprint density at radius 2 is 1.91 bits per heavy atom. The van der Waals surface area contributed by atoms with Crippen LogP contribution in [0, 0.1) is 0 Å². The maximum atomic E-state index is 10.8. The monoisotopic (exact) mass is 298 g/mol. The third-order valence-corrected chi connectivity index (χ3v) is 4.69. The molecule has 1 unspecified atom stereocenters. The highest BCUT2D eigenvalue weighted by molar-refractivity contribution is 5.90. The minimum Gasteiger partial charge on any atom is -0.303 e. The Morgan fingerprint density at radius 3 is 2.74 bits per heavy atom. The van der Waals surface area contributed by atoms with Gasteiger partial charge in [-0.15, -0.1) is 0 Å². The van der Waals surface area contributed by atoms with Crippen molar-refractivity contribution in [1.29, 1.82) is 0 Å². The lowest BCUT2D eigenvalue weighted by molar-refractivity contribution is -0.108.